The Bertz CT molecular complexity index is 2720. The minimum atomic E-state index is -1.49. The van der Waals surface area contributed by atoms with E-state index in [-0.39, 0.29) is 97.0 Å². The van der Waals surface area contributed by atoms with Crippen LogP contribution in [0.3, 0.4) is 0 Å². The first-order valence-electron chi connectivity index (χ1n) is 26.6. The van der Waals surface area contributed by atoms with Crippen LogP contribution >= 0.6 is 23.5 Å². The third-order valence-electron chi connectivity index (χ3n) is 12.9. The Kier molecular flexibility index (Phi) is 26.5. The van der Waals surface area contributed by atoms with Crippen LogP contribution in [0.1, 0.15) is 97.4 Å². The topological polar surface area (TPSA) is 309 Å². The lowest BCUT2D eigenvalue weighted by Crippen LogP contribution is -2.54. The Hall–Kier alpha value is -7.12. The Morgan fingerprint density at radius 2 is 1.43 bits per heavy atom. The number of benzene rings is 2. The molecule has 8 amide bonds. The largest absolute Gasteiger partial charge is 0.480 e. The highest BCUT2D eigenvalue weighted by atomic mass is 32.2. The third kappa shape index (κ3) is 21.7. The lowest BCUT2D eigenvalue weighted by Gasteiger charge is -2.41. The Labute approximate surface area is 478 Å². The van der Waals surface area contributed by atoms with Gasteiger partial charge in [0.1, 0.15) is 35.8 Å². The van der Waals surface area contributed by atoms with Gasteiger partial charge in [-0.3, -0.25) is 48.1 Å². The number of hydrogen-bond acceptors (Lipinski definition) is 13. The number of imide groups is 1. The predicted octanol–water partition coefficient (Wildman–Crippen LogP) is 3.99. The molecule has 1 aromatic heterocycles. The monoisotopic (exact) mass is 1170 g/mol. The zero-order valence-corrected chi connectivity index (χ0v) is 48.1. The first kappa shape index (κ1) is 66.4. The number of nitrogens with two attached hydrogens (primary N) is 1. The zero-order chi connectivity index (χ0) is 60.0. The van der Waals surface area contributed by atoms with E-state index in [1.54, 1.807) is 31.0 Å². The number of carbonyl (C=O) groups is 10. The third-order valence-corrected chi connectivity index (χ3v) is 14.9. The van der Waals surface area contributed by atoms with Crippen LogP contribution in [0.4, 0.5) is 8.78 Å². The van der Waals surface area contributed by atoms with Crippen LogP contribution in [0, 0.1) is 23.0 Å². The number of thioether (sulfide) groups is 2. The van der Waals surface area contributed by atoms with E-state index < -0.39 is 89.4 Å². The first-order valence-corrected chi connectivity index (χ1v) is 28.9. The number of rotatable bonds is 34. The molecular formula is C56H75F2N9O12S2. The van der Waals surface area contributed by atoms with Crippen molar-refractivity contribution in [2.45, 2.75) is 117 Å². The van der Waals surface area contributed by atoms with Gasteiger partial charge in [-0.15, -0.1) is 11.8 Å². The summed E-state index contributed by atoms with van der Waals surface area (Å²) in [5.41, 5.74) is 6.57. The summed E-state index contributed by atoms with van der Waals surface area (Å²) in [5, 5.41) is 31.7. The van der Waals surface area contributed by atoms with Crippen molar-refractivity contribution in [3.63, 3.8) is 0 Å². The number of amides is 8. The van der Waals surface area contributed by atoms with E-state index in [4.69, 9.17) is 10.8 Å². The highest BCUT2D eigenvalue weighted by Gasteiger charge is 2.37. The molecule has 81 heavy (non-hydrogen) atoms. The molecule has 9 N–H and O–H groups in total. The Morgan fingerprint density at radius 3 is 2.07 bits per heavy atom. The zero-order valence-electron chi connectivity index (χ0n) is 46.5. The number of unbranched alkanes of at least 4 members (excludes halogenated alkanes) is 2. The smallest absolute Gasteiger partial charge is 0.328 e. The van der Waals surface area contributed by atoms with Gasteiger partial charge in [0.05, 0.1) is 17.5 Å². The summed E-state index contributed by atoms with van der Waals surface area (Å²) < 4.78 is 32.0. The summed E-state index contributed by atoms with van der Waals surface area (Å²) in [4.78, 5) is 129. The average Bonchev–Trinajstić information content (AvgIpc) is 4.00. The van der Waals surface area contributed by atoms with Gasteiger partial charge in [-0.25, -0.2) is 13.6 Å². The number of carboxylic acids is 2. The number of nitrogens with one attached hydrogen (secondary N) is 5. The van der Waals surface area contributed by atoms with Crippen molar-refractivity contribution < 1.29 is 66.9 Å². The summed E-state index contributed by atoms with van der Waals surface area (Å²) in [5.74, 6) is -8.51. The molecule has 0 saturated heterocycles. The number of nitrogens with zero attached hydrogens (tertiary/aromatic N) is 3. The number of halogens is 2. The second-order valence-corrected chi connectivity index (χ2v) is 23.0. The normalized spacial score (nSPS) is 14.2. The van der Waals surface area contributed by atoms with Crippen molar-refractivity contribution in [1.29, 1.82) is 0 Å². The quantitative estimate of drug-likeness (QED) is 0.0310. The molecule has 2 heterocycles. The second-order valence-electron chi connectivity index (χ2n) is 20.9. The number of aliphatic carboxylic acids is 2. The van der Waals surface area contributed by atoms with Gasteiger partial charge in [0.25, 0.3) is 11.8 Å². The van der Waals surface area contributed by atoms with E-state index in [9.17, 15) is 57.4 Å². The van der Waals surface area contributed by atoms with Gasteiger partial charge < -0.3 is 52.0 Å². The van der Waals surface area contributed by atoms with Gasteiger partial charge in [-0.2, -0.15) is 11.8 Å². The molecule has 5 atom stereocenters. The van der Waals surface area contributed by atoms with Gasteiger partial charge in [0.15, 0.2) is 0 Å². The molecule has 3 aromatic rings. The molecule has 0 saturated carbocycles. The average molecular weight is 1170 g/mol. The molecule has 0 radical (unpaired) electrons. The second kappa shape index (κ2) is 32.4. The fourth-order valence-corrected chi connectivity index (χ4v) is 10.3. The lowest BCUT2D eigenvalue weighted by molar-refractivity contribution is -0.142. The molecule has 4 rings (SSSR count). The van der Waals surface area contributed by atoms with Crippen LogP contribution in [0.2, 0.25) is 0 Å². The van der Waals surface area contributed by atoms with Gasteiger partial charge >= 0.3 is 11.9 Å². The maximum Gasteiger partial charge on any atom is 0.328 e. The molecule has 21 nitrogen and oxygen atoms in total. The fourth-order valence-electron chi connectivity index (χ4n) is 8.65. The molecule has 0 fully saturated rings. The van der Waals surface area contributed by atoms with E-state index >= 15 is 4.39 Å². The van der Waals surface area contributed by atoms with Crippen LogP contribution in [0.25, 0.3) is 11.1 Å². The summed E-state index contributed by atoms with van der Waals surface area (Å²) in [6, 6.07) is 8.88. The van der Waals surface area contributed by atoms with Crippen molar-refractivity contribution in [3.8, 4) is 11.1 Å². The van der Waals surface area contributed by atoms with Gasteiger partial charge in [0, 0.05) is 92.2 Å². The van der Waals surface area contributed by atoms with Crippen molar-refractivity contribution in [2.24, 2.45) is 17.1 Å². The standard InChI is InChI=1S/C56H75F2N9O12S2/c1-34(2)50(64-44(68)16-11-8-12-23-66-47(71)19-20-48(66)72)53(75)62-35(3)52(74)60-22-13-24-67(49(73)33-80-25-21-45(69)63-42(55(78)79)28-61-46(70)32-81-31-41(59)54(76)77)51(56(4,5)6)43-26-37(39-27-38(57)17-18-40(39)58)30-65(43)29-36-14-9-7-10-15-36/h7,9-10,14-15,17-20,26-27,30,34-35,41-42,50-51H,8,11-13,16,21-25,28-29,31-33,59H2,1-6H3,(H,60,74)(H,61,70)(H,62,75)(H,63,69)(H,64,68)(H,76,77)(H,78,79). The number of aromatic nitrogens is 1. The molecule has 0 spiro atoms. The number of hydrogen-bond donors (Lipinski definition) is 8. The summed E-state index contributed by atoms with van der Waals surface area (Å²) >= 11 is 2.05. The first-order chi connectivity index (χ1) is 38.3. The fraction of sp³-hybridized carbons (Fsp3) is 0.500. The molecular weight excluding hydrogens is 1090 g/mol. The highest BCUT2D eigenvalue weighted by molar-refractivity contribution is 8.00. The van der Waals surface area contributed by atoms with E-state index in [0.29, 0.717) is 37.1 Å². The highest BCUT2D eigenvalue weighted by Crippen LogP contribution is 2.41. The summed E-state index contributed by atoms with van der Waals surface area (Å²) in [6.07, 6.45) is 5.75. The van der Waals surface area contributed by atoms with Crippen LogP contribution in [0.15, 0.2) is 72.9 Å². The SMILES string of the molecule is CC(NC(=O)C(NC(=O)CCCCCN1C(=O)C=CC1=O)C(C)C)C(=O)NCCCN(C(=O)CSCCC(=O)NC(CNC(=O)CSCC(N)C(=O)O)C(=O)O)C(c1cc(-c2cc(F)ccc2F)cn1Cc1ccccc1)C(C)(C)C. The lowest BCUT2D eigenvalue weighted by atomic mass is 9.83. The van der Waals surface area contributed by atoms with E-state index in [1.807, 2.05) is 55.7 Å². The van der Waals surface area contributed by atoms with Crippen LogP contribution < -0.4 is 32.3 Å². The van der Waals surface area contributed by atoms with E-state index in [0.717, 1.165) is 52.2 Å². The Morgan fingerprint density at radius 1 is 0.753 bits per heavy atom. The van der Waals surface area contributed by atoms with Crippen molar-refractivity contribution in [1.82, 2.24) is 41.0 Å². The molecule has 2 aromatic carbocycles. The van der Waals surface area contributed by atoms with E-state index in [2.05, 4.69) is 26.6 Å². The predicted molar refractivity (Wildman–Crippen MR) is 303 cm³/mol. The molecule has 1 aliphatic rings. The maximum absolute atomic E-state index is 15.4. The van der Waals surface area contributed by atoms with Gasteiger partial charge in [-0.05, 0) is 67.3 Å². The van der Waals surface area contributed by atoms with Crippen molar-refractivity contribution in [3.05, 3.63) is 95.8 Å². The van der Waals surface area contributed by atoms with Crippen LogP contribution in [-0.2, 0) is 54.5 Å². The minimum absolute atomic E-state index is 0.0102. The van der Waals surface area contributed by atoms with Crippen molar-refractivity contribution in [2.75, 3.05) is 49.2 Å². The van der Waals surface area contributed by atoms with E-state index in [1.165, 1.54) is 19.1 Å². The molecule has 0 bridgehead atoms. The maximum atomic E-state index is 15.4. The van der Waals surface area contributed by atoms with Crippen LogP contribution in [-0.4, -0.2) is 157 Å². The molecule has 5 unspecified atom stereocenters. The van der Waals surface area contributed by atoms with Crippen LogP contribution in [0.5, 0.6) is 0 Å². The van der Waals surface area contributed by atoms with Gasteiger partial charge in [-0.1, -0.05) is 71.4 Å². The number of carbonyl (C=O) groups excluding carboxylic acids is 8. The Balaban J connectivity index is 1.46. The number of carboxylic acid groups (broad SMARTS) is 2. The molecule has 25 heteroatoms. The summed E-state index contributed by atoms with van der Waals surface area (Å²) in [6.45, 7) is 10.9. The van der Waals surface area contributed by atoms with Gasteiger partial charge in [0.2, 0.25) is 35.4 Å². The molecule has 0 aliphatic carbocycles. The van der Waals surface area contributed by atoms with Crippen molar-refractivity contribution >= 4 is 82.7 Å². The molecule has 1 aliphatic heterocycles. The minimum Gasteiger partial charge on any atom is -0.480 e. The molecule has 442 valence electrons. The summed E-state index contributed by atoms with van der Waals surface area (Å²) in [7, 11) is 0.